The molecule has 3 nitrogen and oxygen atoms in total. The van der Waals surface area contributed by atoms with Crippen LogP contribution in [-0.4, -0.2) is 12.0 Å². The zero-order valence-electron chi connectivity index (χ0n) is 14.9. The molecule has 0 aromatic heterocycles. The molecule has 0 radical (unpaired) electrons. The molecular formula is C20H24ClNO2. The van der Waals surface area contributed by atoms with Gasteiger partial charge in [0.25, 0.3) is 5.91 Å². The topological polar surface area (TPSA) is 38.3 Å². The first kappa shape index (κ1) is 18.3. The quantitative estimate of drug-likeness (QED) is 0.805. The fourth-order valence-corrected chi connectivity index (χ4v) is 2.77. The minimum absolute atomic E-state index is 0.163. The van der Waals surface area contributed by atoms with E-state index in [4.69, 9.17) is 16.3 Å². The summed E-state index contributed by atoms with van der Waals surface area (Å²) in [6.07, 6.45) is 0.261. The van der Waals surface area contributed by atoms with Crippen LogP contribution in [0.1, 0.15) is 36.1 Å². The number of ether oxygens (including phenoxy) is 1. The molecule has 1 unspecified atom stereocenters. The van der Waals surface area contributed by atoms with Gasteiger partial charge in [0.05, 0.1) is 0 Å². The molecule has 128 valence electrons. The Bertz CT molecular complexity index is 732. The predicted molar refractivity (Wildman–Crippen MR) is 100 cm³/mol. The third-order valence-electron chi connectivity index (χ3n) is 4.08. The van der Waals surface area contributed by atoms with E-state index in [0.29, 0.717) is 5.75 Å². The first-order valence-electron chi connectivity index (χ1n) is 8.16. The average Bonchev–Trinajstić information content (AvgIpc) is 2.54. The number of amides is 1. The van der Waals surface area contributed by atoms with Crippen molar-refractivity contribution in [1.82, 2.24) is 0 Å². The highest BCUT2D eigenvalue weighted by Crippen LogP contribution is 2.27. The van der Waals surface area contributed by atoms with Gasteiger partial charge in [-0.1, -0.05) is 36.7 Å². The normalized spacial score (nSPS) is 11.9. The number of para-hydroxylation sites is 1. The van der Waals surface area contributed by atoms with E-state index < -0.39 is 6.10 Å². The summed E-state index contributed by atoms with van der Waals surface area (Å²) < 4.78 is 5.81. The Morgan fingerprint density at radius 1 is 1.17 bits per heavy atom. The summed E-state index contributed by atoms with van der Waals surface area (Å²) in [5.41, 5.74) is 4.92. The van der Waals surface area contributed by atoms with Crippen molar-refractivity contribution in [3.05, 3.63) is 57.6 Å². The van der Waals surface area contributed by atoms with Crippen LogP contribution in [0.15, 0.2) is 30.3 Å². The molecule has 2 rings (SSSR count). The summed E-state index contributed by atoms with van der Waals surface area (Å²) in [5.74, 6) is 0.488. The van der Waals surface area contributed by atoms with Crippen LogP contribution in [0.2, 0.25) is 5.02 Å². The maximum absolute atomic E-state index is 12.5. The molecule has 0 aliphatic heterocycles. The lowest BCUT2D eigenvalue weighted by atomic mass is 10.1. The molecule has 1 atom stereocenters. The van der Waals surface area contributed by atoms with Crippen LogP contribution in [0, 0.1) is 20.8 Å². The number of carbonyl (C=O) groups is 1. The summed E-state index contributed by atoms with van der Waals surface area (Å²) in [7, 11) is 0. The lowest BCUT2D eigenvalue weighted by Gasteiger charge is -2.18. The molecule has 0 fully saturated rings. The Hall–Kier alpha value is -2.00. The van der Waals surface area contributed by atoms with Gasteiger partial charge in [-0.05, 0) is 68.5 Å². The number of benzene rings is 2. The second-order valence-electron chi connectivity index (χ2n) is 6.08. The number of halogens is 1. The Kier molecular flexibility index (Phi) is 5.89. The molecular weight excluding hydrogens is 322 g/mol. The largest absolute Gasteiger partial charge is 0.481 e. The number of carbonyl (C=O) groups excluding carboxylic acids is 1. The molecule has 0 saturated heterocycles. The SMILES string of the molecule is CCc1cccc(C)c1NC(=O)C(C)Oc1cc(C)c(Cl)c(C)c1. The third kappa shape index (κ3) is 4.09. The summed E-state index contributed by atoms with van der Waals surface area (Å²) >= 11 is 6.17. The first-order valence-corrected chi connectivity index (χ1v) is 8.54. The Labute approximate surface area is 149 Å². The van der Waals surface area contributed by atoms with Crippen molar-refractivity contribution >= 4 is 23.2 Å². The van der Waals surface area contributed by atoms with Gasteiger partial charge in [-0.3, -0.25) is 4.79 Å². The Morgan fingerprint density at radius 2 is 1.79 bits per heavy atom. The van der Waals surface area contributed by atoms with Gasteiger partial charge in [0.2, 0.25) is 0 Å². The van der Waals surface area contributed by atoms with Crippen LogP contribution < -0.4 is 10.1 Å². The van der Waals surface area contributed by atoms with E-state index >= 15 is 0 Å². The van der Waals surface area contributed by atoms with Crippen molar-refractivity contribution in [1.29, 1.82) is 0 Å². The van der Waals surface area contributed by atoms with Crippen molar-refractivity contribution in [3.63, 3.8) is 0 Å². The lowest BCUT2D eigenvalue weighted by molar-refractivity contribution is -0.122. The molecule has 2 aromatic carbocycles. The Balaban J connectivity index is 2.14. The lowest BCUT2D eigenvalue weighted by Crippen LogP contribution is -2.30. The van der Waals surface area contributed by atoms with Crippen LogP contribution in [-0.2, 0) is 11.2 Å². The van der Waals surface area contributed by atoms with Gasteiger partial charge >= 0.3 is 0 Å². The van der Waals surface area contributed by atoms with Gasteiger partial charge in [-0.25, -0.2) is 0 Å². The highest BCUT2D eigenvalue weighted by molar-refractivity contribution is 6.32. The highest BCUT2D eigenvalue weighted by Gasteiger charge is 2.18. The summed E-state index contributed by atoms with van der Waals surface area (Å²) in [6.45, 7) is 9.66. The second-order valence-corrected chi connectivity index (χ2v) is 6.46. The van der Waals surface area contributed by atoms with Crippen molar-refractivity contribution in [2.45, 2.75) is 47.1 Å². The summed E-state index contributed by atoms with van der Waals surface area (Å²) in [6, 6.07) is 9.73. The smallest absolute Gasteiger partial charge is 0.265 e. The molecule has 0 aliphatic carbocycles. The number of aryl methyl sites for hydroxylation is 4. The maximum Gasteiger partial charge on any atom is 0.265 e. The van der Waals surface area contributed by atoms with E-state index in [2.05, 4.69) is 12.2 Å². The van der Waals surface area contributed by atoms with Crippen molar-refractivity contribution in [2.24, 2.45) is 0 Å². The van der Waals surface area contributed by atoms with Crippen LogP contribution in [0.25, 0.3) is 0 Å². The van der Waals surface area contributed by atoms with Gasteiger partial charge in [-0.2, -0.15) is 0 Å². The first-order chi connectivity index (χ1) is 11.3. The van der Waals surface area contributed by atoms with E-state index in [1.54, 1.807) is 6.92 Å². The molecule has 0 heterocycles. The van der Waals surface area contributed by atoms with E-state index in [0.717, 1.165) is 39.4 Å². The van der Waals surface area contributed by atoms with E-state index in [9.17, 15) is 4.79 Å². The van der Waals surface area contributed by atoms with Crippen LogP contribution >= 0.6 is 11.6 Å². The summed E-state index contributed by atoms with van der Waals surface area (Å²) in [5, 5.41) is 3.73. The van der Waals surface area contributed by atoms with Crippen LogP contribution in [0.3, 0.4) is 0 Å². The van der Waals surface area contributed by atoms with E-state index in [1.165, 1.54) is 0 Å². The van der Waals surface area contributed by atoms with Crippen molar-refractivity contribution in [2.75, 3.05) is 5.32 Å². The van der Waals surface area contributed by atoms with E-state index in [1.807, 2.05) is 51.1 Å². The van der Waals surface area contributed by atoms with Gasteiger partial charge in [0, 0.05) is 10.7 Å². The molecule has 1 N–H and O–H groups in total. The Morgan fingerprint density at radius 3 is 2.38 bits per heavy atom. The minimum atomic E-state index is -0.603. The number of rotatable bonds is 5. The zero-order valence-corrected chi connectivity index (χ0v) is 15.6. The molecule has 2 aromatic rings. The maximum atomic E-state index is 12.5. The highest BCUT2D eigenvalue weighted by atomic mass is 35.5. The number of hydrogen-bond acceptors (Lipinski definition) is 2. The summed E-state index contributed by atoms with van der Waals surface area (Å²) in [4.78, 5) is 12.5. The van der Waals surface area contributed by atoms with Crippen LogP contribution in [0.5, 0.6) is 5.75 Å². The van der Waals surface area contributed by atoms with Crippen molar-refractivity contribution < 1.29 is 9.53 Å². The van der Waals surface area contributed by atoms with Gasteiger partial charge in [0.15, 0.2) is 6.10 Å². The second kappa shape index (κ2) is 7.71. The molecule has 0 bridgehead atoms. The number of nitrogens with one attached hydrogen (secondary N) is 1. The monoisotopic (exact) mass is 345 g/mol. The zero-order chi connectivity index (χ0) is 17.9. The molecule has 0 aliphatic rings. The van der Waals surface area contributed by atoms with Gasteiger partial charge < -0.3 is 10.1 Å². The minimum Gasteiger partial charge on any atom is -0.481 e. The molecule has 0 spiro atoms. The molecule has 4 heteroatoms. The molecule has 24 heavy (non-hydrogen) atoms. The average molecular weight is 346 g/mol. The number of anilines is 1. The molecule has 1 amide bonds. The fourth-order valence-electron chi connectivity index (χ4n) is 2.66. The van der Waals surface area contributed by atoms with Gasteiger partial charge in [0.1, 0.15) is 5.75 Å². The molecule has 0 saturated carbocycles. The predicted octanol–water partition coefficient (Wildman–Crippen LogP) is 5.23. The van der Waals surface area contributed by atoms with Gasteiger partial charge in [-0.15, -0.1) is 0 Å². The standard InChI is InChI=1S/C20H24ClNO2/c1-6-16-9-7-8-12(2)19(16)22-20(23)15(5)24-17-10-13(3)18(21)14(4)11-17/h7-11,15H,6H2,1-5H3,(H,22,23). The van der Waals surface area contributed by atoms with E-state index in [-0.39, 0.29) is 5.91 Å². The van der Waals surface area contributed by atoms with Crippen LogP contribution in [0.4, 0.5) is 5.69 Å². The number of hydrogen-bond donors (Lipinski definition) is 1. The third-order valence-corrected chi connectivity index (χ3v) is 4.68. The fraction of sp³-hybridized carbons (Fsp3) is 0.350. The van der Waals surface area contributed by atoms with Crippen molar-refractivity contribution in [3.8, 4) is 5.75 Å².